The zero-order valence-electron chi connectivity index (χ0n) is 18.4. The molecule has 1 fully saturated rings. The van der Waals surface area contributed by atoms with E-state index in [1.807, 2.05) is 6.92 Å². The number of ether oxygens (including phenoxy) is 1. The average molecular weight is 487 g/mol. The van der Waals surface area contributed by atoms with E-state index in [1.54, 1.807) is 6.92 Å². The number of aliphatic hydroxyl groups excluding tert-OH is 1. The number of rotatable bonds is 4. The molecule has 0 unspecified atom stereocenters. The predicted molar refractivity (Wildman–Crippen MR) is 114 cm³/mol. The third-order valence-electron chi connectivity index (χ3n) is 7.43. The maximum atomic E-state index is 14.9. The summed E-state index contributed by atoms with van der Waals surface area (Å²) in [5.41, 5.74) is -0.937. The van der Waals surface area contributed by atoms with Crippen LogP contribution in [0, 0.1) is 17.2 Å². The molecule has 0 aromatic heterocycles. The third kappa shape index (κ3) is 3.46. The van der Waals surface area contributed by atoms with Crippen molar-refractivity contribution in [1.82, 2.24) is 0 Å². The van der Waals surface area contributed by atoms with Gasteiger partial charge >= 0.3 is 6.18 Å². The van der Waals surface area contributed by atoms with Gasteiger partial charge in [-0.25, -0.2) is 12.8 Å². The molecule has 4 nitrogen and oxygen atoms in total. The van der Waals surface area contributed by atoms with E-state index >= 15 is 0 Å². The standard InChI is InChI=1S/C24H26F4O4S/c1-3-15-5-10-18(25)21-20(15)23(12-4-11-22(2,14-29)19(23)13-32-21)33(30,31)17-8-6-16(7-9-17)24(26,27)28/h5-10,19,29H,3-4,11-14H2,1-2H3/t19-,22-,23-/m0/s1. The van der Waals surface area contributed by atoms with E-state index in [4.69, 9.17) is 4.74 Å². The van der Waals surface area contributed by atoms with Crippen LogP contribution >= 0.6 is 0 Å². The van der Waals surface area contributed by atoms with Gasteiger partial charge in [-0.2, -0.15) is 13.2 Å². The maximum Gasteiger partial charge on any atom is 0.416 e. The zero-order valence-corrected chi connectivity index (χ0v) is 19.2. The second kappa shape index (κ2) is 7.98. The van der Waals surface area contributed by atoms with E-state index in [2.05, 4.69) is 0 Å². The van der Waals surface area contributed by atoms with Crippen molar-refractivity contribution in [2.75, 3.05) is 13.2 Å². The Morgan fingerprint density at radius 1 is 1.12 bits per heavy atom. The molecule has 0 radical (unpaired) electrons. The number of hydrogen-bond donors (Lipinski definition) is 1. The topological polar surface area (TPSA) is 63.6 Å². The van der Waals surface area contributed by atoms with Gasteiger partial charge < -0.3 is 9.84 Å². The Kier molecular flexibility index (Phi) is 5.80. The lowest BCUT2D eigenvalue weighted by molar-refractivity contribution is -0.137. The Balaban J connectivity index is 2.03. The van der Waals surface area contributed by atoms with Crippen molar-refractivity contribution in [2.24, 2.45) is 11.3 Å². The Hall–Kier alpha value is -2.13. The SMILES string of the molecule is CCc1ccc(F)c2c1[C@]1(S(=O)(=O)c3ccc(C(F)(F)F)cc3)CCC[C@@](C)(CO)[C@@H]1CO2. The summed E-state index contributed by atoms with van der Waals surface area (Å²) in [6.07, 6.45) is -3.03. The quantitative estimate of drug-likeness (QED) is 0.599. The summed E-state index contributed by atoms with van der Waals surface area (Å²) in [4.78, 5) is -0.262. The lowest BCUT2D eigenvalue weighted by atomic mass is 9.59. The average Bonchev–Trinajstić information content (AvgIpc) is 2.78. The highest BCUT2D eigenvalue weighted by Gasteiger charge is 2.63. The van der Waals surface area contributed by atoms with Gasteiger partial charge in [-0.3, -0.25) is 0 Å². The van der Waals surface area contributed by atoms with Gasteiger partial charge in [-0.1, -0.05) is 26.3 Å². The Bertz CT molecular complexity index is 1160. The lowest BCUT2D eigenvalue weighted by Gasteiger charge is -2.55. The van der Waals surface area contributed by atoms with Gasteiger partial charge in [0.2, 0.25) is 0 Å². The van der Waals surface area contributed by atoms with Crippen molar-refractivity contribution in [3.63, 3.8) is 0 Å². The molecule has 4 rings (SSSR count). The number of benzene rings is 2. The first-order valence-electron chi connectivity index (χ1n) is 10.9. The summed E-state index contributed by atoms with van der Waals surface area (Å²) in [7, 11) is -4.32. The summed E-state index contributed by atoms with van der Waals surface area (Å²) in [5.74, 6) is -1.52. The fourth-order valence-corrected chi connectivity index (χ4v) is 8.19. The van der Waals surface area contributed by atoms with Crippen LogP contribution in [0.5, 0.6) is 5.75 Å². The van der Waals surface area contributed by atoms with Crippen molar-refractivity contribution in [3.8, 4) is 5.75 Å². The van der Waals surface area contributed by atoms with E-state index in [-0.39, 0.29) is 35.8 Å². The summed E-state index contributed by atoms with van der Waals surface area (Å²) in [6, 6.07) is 6.21. The molecule has 3 atom stereocenters. The first kappa shape index (κ1) is 24.0. The van der Waals surface area contributed by atoms with Crippen molar-refractivity contribution in [2.45, 2.75) is 55.3 Å². The molecule has 2 aromatic rings. The van der Waals surface area contributed by atoms with Crippen molar-refractivity contribution >= 4 is 9.84 Å². The van der Waals surface area contributed by atoms with E-state index in [9.17, 15) is 31.1 Å². The number of halogens is 4. The molecular weight excluding hydrogens is 460 g/mol. The van der Waals surface area contributed by atoms with Crippen molar-refractivity contribution in [1.29, 1.82) is 0 Å². The highest BCUT2D eigenvalue weighted by molar-refractivity contribution is 7.92. The predicted octanol–water partition coefficient (Wildman–Crippen LogP) is 5.27. The van der Waals surface area contributed by atoms with E-state index in [1.165, 1.54) is 12.1 Å². The Morgan fingerprint density at radius 3 is 2.36 bits per heavy atom. The number of sulfone groups is 1. The molecule has 1 heterocycles. The molecule has 1 aliphatic heterocycles. The fraction of sp³-hybridized carbons (Fsp3) is 0.500. The van der Waals surface area contributed by atoms with E-state index < -0.39 is 43.5 Å². The van der Waals surface area contributed by atoms with Crippen LogP contribution < -0.4 is 4.74 Å². The van der Waals surface area contributed by atoms with Gasteiger partial charge in [0.15, 0.2) is 21.4 Å². The van der Waals surface area contributed by atoms with Crippen LogP contribution in [0.1, 0.15) is 49.8 Å². The van der Waals surface area contributed by atoms with Crippen LogP contribution in [0.25, 0.3) is 0 Å². The number of hydrogen-bond acceptors (Lipinski definition) is 4. The van der Waals surface area contributed by atoms with Crippen LogP contribution in [0.4, 0.5) is 17.6 Å². The van der Waals surface area contributed by atoms with E-state index in [0.717, 1.165) is 24.3 Å². The van der Waals surface area contributed by atoms with Crippen molar-refractivity contribution < 1.29 is 35.8 Å². The first-order chi connectivity index (χ1) is 15.4. The van der Waals surface area contributed by atoms with Gasteiger partial charge in [0.25, 0.3) is 0 Å². The molecule has 0 amide bonds. The number of alkyl halides is 3. The van der Waals surface area contributed by atoms with Gasteiger partial charge in [-0.15, -0.1) is 0 Å². The molecule has 1 N–H and O–H groups in total. The van der Waals surface area contributed by atoms with Gasteiger partial charge in [-0.05, 0) is 60.6 Å². The number of aliphatic hydroxyl groups is 1. The molecule has 33 heavy (non-hydrogen) atoms. The maximum absolute atomic E-state index is 14.9. The summed E-state index contributed by atoms with van der Waals surface area (Å²) < 4.78 is 86.9. The minimum atomic E-state index is -4.60. The molecule has 9 heteroatoms. The normalized spacial score (nSPS) is 27.4. The van der Waals surface area contributed by atoms with Crippen LogP contribution in [-0.2, 0) is 27.2 Å². The molecule has 0 spiro atoms. The van der Waals surface area contributed by atoms with Crippen LogP contribution in [0.3, 0.4) is 0 Å². The van der Waals surface area contributed by atoms with Crippen LogP contribution in [0.15, 0.2) is 41.3 Å². The second-order valence-corrected chi connectivity index (χ2v) is 11.4. The summed E-state index contributed by atoms with van der Waals surface area (Å²) in [5, 5.41) is 10.2. The molecule has 1 aliphatic carbocycles. The Morgan fingerprint density at radius 2 is 1.79 bits per heavy atom. The summed E-state index contributed by atoms with van der Waals surface area (Å²) in [6.45, 7) is 3.20. The molecule has 1 saturated carbocycles. The Labute approximate surface area is 190 Å². The third-order valence-corrected chi connectivity index (χ3v) is 9.97. The van der Waals surface area contributed by atoms with Gasteiger partial charge in [0.1, 0.15) is 4.75 Å². The zero-order chi connectivity index (χ0) is 24.2. The van der Waals surface area contributed by atoms with Gasteiger partial charge in [0.05, 0.1) is 17.1 Å². The van der Waals surface area contributed by atoms with Crippen LogP contribution in [-0.4, -0.2) is 26.7 Å². The monoisotopic (exact) mass is 486 g/mol. The van der Waals surface area contributed by atoms with Gasteiger partial charge in [0, 0.05) is 18.1 Å². The van der Waals surface area contributed by atoms with E-state index in [0.29, 0.717) is 24.8 Å². The lowest BCUT2D eigenvalue weighted by Crippen LogP contribution is -2.58. The number of aryl methyl sites for hydroxylation is 1. The second-order valence-electron chi connectivity index (χ2n) is 9.21. The minimum Gasteiger partial charge on any atom is -0.490 e. The van der Waals surface area contributed by atoms with Crippen molar-refractivity contribution in [3.05, 3.63) is 58.9 Å². The smallest absolute Gasteiger partial charge is 0.416 e. The molecule has 2 aromatic carbocycles. The molecular formula is C24H26F4O4S. The minimum absolute atomic E-state index is 0.117. The highest BCUT2D eigenvalue weighted by atomic mass is 32.2. The summed E-state index contributed by atoms with van der Waals surface area (Å²) >= 11 is 0. The molecule has 0 saturated heterocycles. The first-order valence-corrected chi connectivity index (χ1v) is 12.4. The largest absolute Gasteiger partial charge is 0.490 e. The molecule has 2 aliphatic rings. The highest BCUT2D eigenvalue weighted by Crippen LogP contribution is 2.61. The fourth-order valence-electron chi connectivity index (χ4n) is 5.64. The van der Waals surface area contributed by atoms with Crippen LogP contribution in [0.2, 0.25) is 0 Å². The molecule has 0 bridgehead atoms. The molecule has 180 valence electrons. The number of fused-ring (bicyclic) bond motifs is 3.